The number of aliphatic hydroxyl groups is 1. The summed E-state index contributed by atoms with van der Waals surface area (Å²) in [5.74, 6) is 0.675. The lowest BCUT2D eigenvalue weighted by molar-refractivity contribution is -0.0609. The van der Waals surface area contributed by atoms with Gasteiger partial charge in [-0.3, -0.25) is 9.48 Å². The molecule has 0 bridgehead atoms. The quantitative estimate of drug-likeness (QED) is 0.903. The fourth-order valence-electron chi connectivity index (χ4n) is 4.06. The Hall–Kier alpha value is -1.36. The maximum Gasteiger partial charge on any atom is 0.274 e. The van der Waals surface area contributed by atoms with E-state index in [2.05, 4.69) is 12.0 Å². The molecule has 3 atom stereocenters. The van der Waals surface area contributed by atoms with Gasteiger partial charge >= 0.3 is 0 Å². The van der Waals surface area contributed by atoms with Crippen molar-refractivity contribution in [3.63, 3.8) is 0 Å². The molecule has 21 heavy (non-hydrogen) atoms. The highest BCUT2D eigenvalue weighted by molar-refractivity contribution is 5.92. The van der Waals surface area contributed by atoms with Gasteiger partial charge in [-0.05, 0) is 38.2 Å². The van der Waals surface area contributed by atoms with Gasteiger partial charge in [0.1, 0.15) is 0 Å². The average molecular weight is 291 g/mol. The minimum Gasteiger partial charge on any atom is -0.390 e. The Morgan fingerprint density at radius 2 is 2.29 bits per heavy atom. The van der Waals surface area contributed by atoms with E-state index in [4.69, 9.17) is 0 Å². The zero-order chi connectivity index (χ0) is 15.2. The van der Waals surface area contributed by atoms with Crippen molar-refractivity contribution in [3.8, 4) is 0 Å². The third kappa shape index (κ3) is 2.37. The Kier molecular flexibility index (Phi) is 3.56. The zero-order valence-electron chi connectivity index (χ0n) is 13.2. The molecule has 1 aliphatic heterocycles. The summed E-state index contributed by atoms with van der Waals surface area (Å²) in [6.07, 6.45) is 3.84. The molecule has 2 aliphatic rings. The summed E-state index contributed by atoms with van der Waals surface area (Å²) in [6.45, 7) is 5.43. The highest BCUT2D eigenvalue weighted by Crippen LogP contribution is 2.44. The van der Waals surface area contributed by atoms with Crippen molar-refractivity contribution < 1.29 is 9.90 Å². The molecule has 1 aromatic rings. The number of rotatable bonds is 2. The van der Waals surface area contributed by atoms with E-state index in [-0.39, 0.29) is 11.8 Å². The van der Waals surface area contributed by atoms with Crippen LogP contribution in [0.1, 0.15) is 48.8 Å². The van der Waals surface area contributed by atoms with E-state index in [9.17, 15) is 9.90 Å². The van der Waals surface area contributed by atoms with Gasteiger partial charge in [0.05, 0.1) is 5.60 Å². The van der Waals surface area contributed by atoms with Crippen LogP contribution in [0.25, 0.3) is 0 Å². The predicted octanol–water partition coefficient (Wildman–Crippen LogP) is 1.74. The summed E-state index contributed by atoms with van der Waals surface area (Å²) in [6, 6.07) is 1.84. The molecule has 2 heterocycles. The number of fused-ring (bicyclic) bond motifs is 1. The number of hydrogen-bond donors (Lipinski definition) is 1. The van der Waals surface area contributed by atoms with Crippen LogP contribution in [-0.2, 0) is 7.05 Å². The molecule has 1 aromatic heterocycles. The van der Waals surface area contributed by atoms with E-state index in [1.807, 2.05) is 24.9 Å². The standard InChI is InChI=1S/C16H25N3O2/c1-4-16(21)7-5-6-12-9-19(10-13(12)16)15(20)14-8-11(2)18(3)17-14/h8,12-13,21H,4-7,9-10H2,1-3H3/t12-,13+,16-/m1/s1. The number of likely N-dealkylation sites (tertiary alicyclic amines) is 1. The largest absolute Gasteiger partial charge is 0.390 e. The van der Waals surface area contributed by atoms with Crippen LogP contribution < -0.4 is 0 Å². The lowest BCUT2D eigenvalue weighted by atomic mass is 9.69. The van der Waals surface area contributed by atoms with Gasteiger partial charge in [-0.1, -0.05) is 13.3 Å². The molecule has 5 heteroatoms. The van der Waals surface area contributed by atoms with Crippen LogP contribution in [0.4, 0.5) is 0 Å². The number of carbonyl (C=O) groups excluding carboxylic acids is 1. The maximum atomic E-state index is 12.6. The third-order valence-corrected chi connectivity index (χ3v) is 5.55. The Morgan fingerprint density at radius 1 is 1.52 bits per heavy atom. The summed E-state index contributed by atoms with van der Waals surface area (Å²) in [7, 11) is 1.85. The predicted molar refractivity (Wildman–Crippen MR) is 79.9 cm³/mol. The van der Waals surface area contributed by atoms with Crippen LogP contribution in [0.5, 0.6) is 0 Å². The molecule has 3 rings (SSSR count). The monoisotopic (exact) mass is 291 g/mol. The van der Waals surface area contributed by atoms with E-state index in [0.717, 1.165) is 37.9 Å². The van der Waals surface area contributed by atoms with Gasteiger partial charge in [0.2, 0.25) is 0 Å². The topological polar surface area (TPSA) is 58.4 Å². The number of carbonyl (C=O) groups is 1. The number of amides is 1. The molecule has 116 valence electrons. The van der Waals surface area contributed by atoms with Crippen LogP contribution >= 0.6 is 0 Å². The van der Waals surface area contributed by atoms with E-state index in [1.54, 1.807) is 4.68 Å². The van der Waals surface area contributed by atoms with Crippen molar-refractivity contribution in [1.82, 2.24) is 14.7 Å². The van der Waals surface area contributed by atoms with Crippen LogP contribution in [-0.4, -0.2) is 44.4 Å². The van der Waals surface area contributed by atoms with E-state index in [1.165, 1.54) is 0 Å². The van der Waals surface area contributed by atoms with Crippen molar-refractivity contribution in [2.75, 3.05) is 13.1 Å². The summed E-state index contributed by atoms with van der Waals surface area (Å²) in [5.41, 5.74) is 0.923. The molecule has 1 saturated heterocycles. The molecule has 5 nitrogen and oxygen atoms in total. The second-order valence-electron chi connectivity index (χ2n) is 6.72. The van der Waals surface area contributed by atoms with Crippen molar-refractivity contribution in [3.05, 3.63) is 17.5 Å². The Labute approximate surface area is 125 Å². The van der Waals surface area contributed by atoms with Gasteiger partial charge in [0, 0.05) is 31.7 Å². The number of aromatic nitrogens is 2. The van der Waals surface area contributed by atoms with Gasteiger partial charge in [0.15, 0.2) is 5.69 Å². The van der Waals surface area contributed by atoms with Gasteiger partial charge in [-0.2, -0.15) is 5.10 Å². The number of aryl methyl sites for hydroxylation is 2. The van der Waals surface area contributed by atoms with E-state index < -0.39 is 5.60 Å². The Balaban J connectivity index is 1.78. The van der Waals surface area contributed by atoms with E-state index >= 15 is 0 Å². The third-order valence-electron chi connectivity index (χ3n) is 5.55. The minimum absolute atomic E-state index is 0.00607. The molecule has 0 radical (unpaired) electrons. The summed E-state index contributed by atoms with van der Waals surface area (Å²) >= 11 is 0. The van der Waals surface area contributed by atoms with Gasteiger partial charge in [-0.15, -0.1) is 0 Å². The maximum absolute atomic E-state index is 12.6. The van der Waals surface area contributed by atoms with Crippen LogP contribution in [0, 0.1) is 18.8 Å². The first-order valence-electron chi connectivity index (χ1n) is 7.97. The summed E-state index contributed by atoms with van der Waals surface area (Å²) < 4.78 is 1.73. The van der Waals surface area contributed by atoms with Gasteiger partial charge < -0.3 is 10.0 Å². The van der Waals surface area contributed by atoms with Crippen LogP contribution in [0.2, 0.25) is 0 Å². The van der Waals surface area contributed by atoms with Crippen molar-refractivity contribution >= 4 is 5.91 Å². The lowest BCUT2D eigenvalue weighted by Crippen LogP contribution is -2.44. The smallest absolute Gasteiger partial charge is 0.274 e. The van der Waals surface area contributed by atoms with Crippen molar-refractivity contribution in [1.29, 1.82) is 0 Å². The first kappa shape index (κ1) is 14.6. The second kappa shape index (κ2) is 5.13. The molecule has 1 saturated carbocycles. The highest BCUT2D eigenvalue weighted by Gasteiger charge is 2.48. The van der Waals surface area contributed by atoms with E-state index in [0.29, 0.717) is 18.2 Å². The van der Waals surface area contributed by atoms with Gasteiger partial charge in [-0.25, -0.2) is 0 Å². The zero-order valence-corrected chi connectivity index (χ0v) is 13.2. The molecule has 0 unspecified atom stereocenters. The summed E-state index contributed by atoms with van der Waals surface area (Å²) in [5, 5.41) is 15.1. The molecule has 1 amide bonds. The molecule has 2 fully saturated rings. The molecular weight excluding hydrogens is 266 g/mol. The second-order valence-corrected chi connectivity index (χ2v) is 6.72. The first-order valence-corrected chi connectivity index (χ1v) is 7.97. The van der Waals surface area contributed by atoms with Crippen LogP contribution in [0.3, 0.4) is 0 Å². The fraction of sp³-hybridized carbons (Fsp3) is 0.750. The van der Waals surface area contributed by atoms with Crippen molar-refractivity contribution in [2.45, 2.75) is 45.1 Å². The molecule has 0 aromatic carbocycles. The molecule has 1 aliphatic carbocycles. The fourth-order valence-corrected chi connectivity index (χ4v) is 4.06. The lowest BCUT2D eigenvalue weighted by Gasteiger charge is -2.40. The molecule has 0 spiro atoms. The SMILES string of the molecule is CC[C@@]1(O)CCC[C@@H]2CN(C(=O)c3cc(C)n(C)n3)C[C@@H]21. The molecule has 1 N–H and O–H groups in total. The summed E-state index contributed by atoms with van der Waals surface area (Å²) in [4.78, 5) is 14.5. The van der Waals surface area contributed by atoms with Crippen LogP contribution in [0.15, 0.2) is 6.07 Å². The Bertz CT molecular complexity index is 534. The highest BCUT2D eigenvalue weighted by atomic mass is 16.3. The Morgan fingerprint density at radius 3 is 2.90 bits per heavy atom. The average Bonchev–Trinajstić information content (AvgIpc) is 3.04. The normalized spacial score (nSPS) is 32.3. The molecular formula is C16H25N3O2. The first-order chi connectivity index (χ1) is 9.94. The number of hydrogen-bond acceptors (Lipinski definition) is 3. The van der Waals surface area contributed by atoms with Gasteiger partial charge in [0.25, 0.3) is 5.91 Å². The number of nitrogens with zero attached hydrogens (tertiary/aromatic N) is 3. The van der Waals surface area contributed by atoms with Crippen molar-refractivity contribution in [2.24, 2.45) is 18.9 Å². The minimum atomic E-state index is -0.585.